The Balaban J connectivity index is 1.58. The third kappa shape index (κ3) is 4.15. The largest absolute Gasteiger partial charge is 0.325 e. The van der Waals surface area contributed by atoms with E-state index in [0.717, 1.165) is 5.69 Å². The second kappa shape index (κ2) is 7.20. The maximum atomic E-state index is 12.1. The van der Waals surface area contributed by atoms with Crippen molar-refractivity contribution in [3.8, 4) is 0 Å². The number of carbonyl (C=O) groups excluding carboxylic acids is 2. The van der Waals surface area contributed by atoms with Gasteiger partial charge in [0, 0.05) is 16.4 Å². The lowest BCUT2D eigenvalue weighted by atomic mass is 10.3. The van der Waals surface area contributed by atoms with E-state index in [4.69, 9.17) is 0 Å². The molecule has 0 fully saturated rings. The molecule has 3 rings (SSSR count). The molecule has 24 heavy (non-hydrogen) atoms. The quantitative estimate of drug-likeness (QED) is 0.660. The zero-order valence-electron chi connectivity index (χ0n) is 12.6. The van der Waals surface area contributed by atoms with E-state index in [0.29, 0.717) is 16.0 Å². The highest BCUT2D eigenvalue weighted by atomic mass is 32.1. The van der Waals surface area contributed by atoms with Crippen LogP contribution in [0.5, 0.6) is 0 Å². The summed E-state index contributed by atoms with van der Waals surface area (Å²) in [5.74, 6) is -0.364. The van der Waals surface area contributed by atoms with Crippen molar-refractivity contribution in [3.63, 3.8) is 0 Å². The van der Waals surface area contributed by atoms with Gasteiger partial charge in [-0.25, -0.2) is 14.8 Å². The highest BCUT2D eigenvalue weighted by molar-refractivity contribution is 7.14. The minimum atomic E-state index is -0.418. The first-order valence-electron chi connectivity index (χ1n) is 6.92. The summed E-state index contributed by atoms with van der Waals surface area (Å²) in [5, 5.41) is 12.2. The number of para-hydroxylation sites is 1. The Morgan fingerprint density at radius 2 is 1.62 bits per heavy atom. The molecule has 0 saturated heterocycles. The zero-order chi connectivity index (χ0) is 16.9. The van der Waals surface area contributed by atoms with E-state index in [1.54, 1.807) is 17.5 Å². The number of anilines is 3. The molecular formula is C15H13N5O2S2. The van der Waals surface area contributed by atoms with Crippen molar-refractivity contribution >= 4 is 50.6 Å². The van der Waals surface area contributed by atoms with E-state index in [1.165, 1.54) is 22.7 Å². The van der Waals surface area contributed by atoms with Crippen LogP contribution in [-0.4, -0.2) is 21.9 Å². The molecule has 0 saturated carbocycles. The molecule has 0 spiro atoms. The van der Waals surface area contributed by atoms with Crippen LogP contribution < -0.4 is 16.0 Å². The number of aromatic nitrogens is 2. The first-order chi connectivity index (χ1) is 11.6. The number of nitrogens with one attached hydrogen (secondary N) is 3. The average molecular weight is 359 g/mol. The molecule has 1 aromatic carbocycles. The minimum Gasteiger partial charge on any atom is -0.308 e. The van der Waals surface area contributed by atoms with E-state index in [-0.39, 0.29) is 11.6 Å². The molecule has 0 unspecified atom stereocenters. The first kappa shape index (κ1) is 16.1. The standard InChI is InChI=1S/C15H13N5O2S2/c1-9-7-23-14(16-9)19-12(21)11-8-24-15(18-11)20-13(22)17-10-5-3-2-4-6-10/h2-8H,1H3,(H,16,19,21)(H2,17,18,20,22). The summed E-state index contributed by atoms with van der Waals surface area (Å²) in [6.07, 6.45) is 0. The molecule has 0 atom stereocenters. The number of hydrogen-bond donors (Lipinski definition) is 3. The molecule has 3 N–H and O–H groups in total. The molecule has 3 aromatic rings. The van der Waals surface area contributed by atoms with Crippen molar-refractivity contribution in [2.75, 3.05) is 16.0 Å². The number of thiazole rings is 2. The average Bonchev–Trinajstić information content (AvgIpc) is 3.17. The van der Waals surface area contributed by atoms with Gasteiger partial charge in [-0.05, 0) is 19.1 Å². The molecular weight excluding hydrogens is 346 g/mol. The number of hydrogen-bond acceptors (Lipinski definition) is 6. The summed E-state index contributed by atoms with van der Waals surface area (Å²) in [4.78, 5) is 32.2. The Morgan fingerprint density at radius 1 is 0.917 bits per heavy atom. The van der Waals surface area contributed by atoms with Gasteiger partial charge in [0.1, 0.15) is 5.69 Å². The zero-order valence-corrected chi connectivity index (χ0v) is 14.2. The summed E-state index contributed by atoms with van der Waals surface area (Å²) in [5.41, 5.74) is 1.74. The summed E-state index contributed by atoms with van der Waals surface area (Å²) in [6, 6.07) is 8.63. The van der Waals surface area contributed by atoms with Crippen LogP contribution in [0.1, 0.15) is 16.2 Å². The van der Waals surface area contributed by atoms with E-state index < -0.39 is 6.03 Å². The third-order valence-corrected chi connectivity index (χ3v) is 4.46. The van der Waals surface area contributed by atoms with Crippen molar-refractivity contribution in [2.24, 2.45) is 0 Å². The minimum absolute atomic E-state index is 0.225. The summed E-state index contributed by atoms with van der Waals surface area (Å²) in [6.45, 7) is 1.85. The van der Waals surface area contributed by atoms with Gasteiger partial charge in [0.15, 0.2) is 10.3 Å². The van der Waals surface area contributed by atoms with Gasteiger partial charge in [0.2, 0.25) is 0 Å². The molecule has 0 radical (unpaired) electrons. The first-order valence-corrected chi connectivity index (χ1v) is 8.68. The van der Waals surface area contributed by atoms with Gasteiger partial charge in [0.05, 0.1) is 5.69 Å². The summed E-state index contributed by atoms with van der Waals surface area (Å²) >= 11 is 2.52. The molecule has 0 aliphatic carbocycles. The Morgan fingerprint density at radius 3 is 2.33 bits per heavy atom. The van der Waals surface area contributed by atoms with Crippen molar-refractivity contribution < 1.29 is 9.59 Å². The lowest BCUT2D eigenvalue weighted by Gasteiger charge is -2.04. The smallest absolute Gasteiger partial charge is 0.308 e. The SMILES string of the molecule is Cc1csc(NC(=O)c2csc(NC(=O)Nc3ccccc3)n2)n1. The predicted octanol–water partition coefficient (Wildman–Crippen LogP) is 3.80. The van der Waals surface area contributed by atoms with Crippen molar-refractivity contribution in [2.45, 2.75) is 6.92 Å². The van der Waals surface area contributed by atoms with Crippen molar-refractivity contribution in [3.05, 3.63) is 52.5 Å². The highest BCUT2D eigenvalue weighted by Gasteiger charge is 2.14. The van der Waals surface area contributed by atoms with Crippen LogP contribution in [0.15, 0.2) is 41.1 Å². The topological polar surface area (TPSA) is 96.0 Å². The molecule has 3 amide bonds. The number of urea groups is 1. The van der Waals surface area contributed by atoms with Crippen LogP contribution in [0.3, 0.4) is 0 Å². The fraction of sp³-hybridized carbons (Fsp3) is 0.0667. The fourth-order valence-electron chi connectivity index (χ4n) is 1.79. The van der Waals surface area contributed by atoms with Crippen LogP contribution in [0.2, 0.25) is 0 Å². The molecule has 2 aromatic heterocycles. The summed E-state index contributed by atoms with van der Waals surface area (Å²) < 4.78 is 0. The third-order valence-electron chi connectivity index (χ3n) is 2.83. The molecule has 2 heterocycles. The normalized spacial score (nSPS) is 10.2. The van der Waals surface area contributed by atoms with Gasteiger partial charge in [-0.15, -0.1) is 22.7 Å². The van der Waals surface area contributed by atoms with Crippen LogP contribution in [0.4, 0.5) is 20.7 Å². The van der Waals surface area contributed by atoms with Crippen LogP contribution in [0, 0.1) is 6.92 Å². The van der Waals surface area contributed by atoms with Crippen molar-refractivity contribution in [1.29, 1.82) is 0 Å². The van der Waals surface area contributed by atoms with Gasteiger partial charge in [-0.3, -0.25) is 15.4 Å². The van der Waals surface area contributed by atoms with Gasteiger partial charge in [-0.2, -0.15) is 0 Å². The molecule has 0 aliphatic heterocycles. The second-order valence-electron chi connectivity index (χ2n) is 4.73. The molecule has 122 valence electrons. The Hall–Kier alpha value is -2.78. The molecule has 7 nitrogen and oxygen atoms in total. The van der Waals surface area contributed by atoms with Gasteiger partial charge >= 0.3 is 6.03 Å². The maximum absolute atomic E-state index is 12.1. The number of aryl methyl sites for hydroxylation is 1. The number of benzene rings is 1. The fourth-order valence-corrected chi connectivity index (χ4v) is 3.16. The van der Waals surface area contributed by atoms with Crippen molar-refractivity contribution in [1.82, 2.24) is 9.97 Å². The number of carbonyl (C=O) groups is 2. The molecule has 0 bridgehead atoms. The Bertz CT molecular complexity index is 860. The molecule has 9 heteroatoms. The monoisotopic (exact) mass is 359 g/mol. The van der Waals surface area contributed by atoms with Gasteiger partial charge in [0.25, 0.3) is 5.91 Å². The number of nitrogens with zero attached hydrogens (tertiary/aromatic N) is 2. The lowest BCUT2D eigenvalue weighted by molar-refractivity contribution is 0.102. The van der Waals surface area contributed by atoms with E-state index in [9.17, 15) is 9.59 Å². The van der Waals surface area contributed by atoms with Gasteiger partial charge in [-0.1, -0.05) is 18.2 Å². The summed E-state index contributed by atoms with van der Waals surface area (Å²) in [7, 11) is 0. The Kier molecular flexibility index (Phi) is 4.82. The van der Waals surface area contributed by atoms with E-state index >= 15 is 0 Å². The van der Waals surface area contributed by atoms with Gasteiger partial charge < -0.3 is 5.32 Å². The van der Waals surface area contributed by atoms with Crippen LogP contribution >= 0.6 is 22.7 Å². The lowest BCUT2D eigenvalue weighted by Crippen LogP contribution is -2.19. The second-order valence-corrected chi connectivity index (χ2v) is 6.45. The van der Waals surface area contributed by atoms with Crippen LogP contribution in [-0.2, 0) is 0 Å². The van der Waals surface area contributed by atoms with E-state index in [2.05, 4.69) is 25.9 Å². The maximum Gasteiger partial charge on any atom is 0.325 e. The number of amides is 3. The molecule has 0 aliphatic rings. The van der Waals surface area contributed by atoms with E-state index in [1.807, 2.05) is 30.5 Å². The Labute approximate surface area is 145 Å². The van der Waals surface area contributed by atoms with Crippen LogP contribution in [0.25, 0.3) is 0 Å². The number of rotatable bonds is 4. The predicted molar refractivity (Wildman–Crippen MR) is 96.0 cm³/mol. The highest BCUT2D eigenvalue weighted by Crippen LogP contribution is 2.19.